The fourth-order valence-electron chi connectivity index (χ4n) is 3.33. The van der Waals surface area contributed by atoms with E-state index < -0.39 is 0 Å². The molecule has 6 nitrogen and oxygen atoms in total. The lowest BCUT2D eigenvalue weighted by Gasteiger charge is -2.16. The quantitative estimate of drug-likeness (QED) is 0.620. The van der Waals surface area contributed by atoms with Crippen LogP contribution < -0.4 is 4.74 Å². The fourth-order valence-corrected chi connectivity index (χ4v) is 3.53. The minimum atomic E-state index is -0.119. The van der Waals surface area contributed by atoms with Crippen LogP contribution in [0, 0.1) is 0 Å². The molecule has 0 N–H and O–H groups in total. The molecule has 1 saturated heterocycles. The molecule has 1 aliphatic rings. The summed E-state index contributed by atoms with van der Waals surface area (Å²) >= 11 is 6.22. The Hall–Kier alpha value is -2.86. The molecule has 1 atom stereocenters. The molecular weight excluding hydrogens is 378 g/mol. The van der Waals surface area contributed by atoms with Gasteiger partial charge in [-0.05, 0) is 30.7 Å². The molecule has 1 fully saturated rings. The molecule has 1 aromatic heterocycles. The minimum absolute atomic E-state index is 0.0583. The first kappa shape index (κ1) is 18.5. The lowest BCUT2D eigenvalue weighted by Crippen LogP contribution is -2.24. The molecule has 0 aliphatic carbocycles. The molecule has 0 radical (unpaired) electrons. The average Bonchev–Trinajstić information content (AvgIpc) is 3.32. The molecule has 2 aromatic carbocycles. The Bertz CT molecular complexity index is 988. The number of carbonyl (C=O) groups excluding carboxylic acids is 1. The van der Waals surface area contributed by atoms with Crippen LogP contribution in [0.25, 0.3) is 11.4 Å². The number of likely N-dealkylation sites (tertiary alicyclic amines) is 1. The SMILES string of the molecule is CCOc1cccc(-c2noc(C3CC(=O)N(Cc4ccccc4Cl)C3)n2)c1. The number of benzene rings is 2. The molecule has 4 rings (SSSR count). The number of ether oxygens (including phenoxy) is 1. The van der Waals surface area contributed by atoms with Crippen LogP contribution in [0.5, 0.6) is 5.75 Å². The van der Waals surface area contributed by atoms with Crippen molar-refractivity contribution < 1.29 is 14.1 Å². The first-order valence-electron chi connectivity index (χ1n) is 9.22. The second kappa shape index (κ2) is 8.02. The molecule has 0 bridgehead atoms. The summed E-state index contributed by atoms with van der Waals surface area (Å²) in [6, 6.07) is 15.1. The summed E-state index contributed by atoms with van der Waals surface area (Å²) in [7, 11) is 0. The van der Waals surface area contributed by atoms with Crippen LogP contribution in [0.2, 0.25) is 5.02 Å². The van der Waals surface area contributed by atoms with Crippen LogP contribution in [0.4, 0.5) is 0 Å². The molecule has 1 aliphatic heterocycles. The maximum atomic E-state index is 12.4. The molecule has 1 amide bonds. The molecule has 1 unspecified atom stereocenters. The summed E-state index contributed by atoms with van der Waals surface area (Å²) in [6.45, 7) is 3.54. The maximum Gasteiger partial charge on any atom is 0.232 e. The smallest absolute Gasteiger partial charge is 0.232 e. The first-order valence-corrected chi connectivity index (χ1v) is 9.60. The van der Waals surface area contributed by atoms with Crippen LogP contribution >= 0.6 is 11.6 Å². The Morgan fingerprint density at radius 2 is 2.11 bits per heavy atom. The first-order chi connectivity index (χ1) is 13.6. The van der Waals surface area contributed by atoms with Crippen LogP contribution in [0.1, 0.15) is 30.7 Å². The zero-order chi connectivity index (χ0) is 19.5. The highest BCUT2D eigenvalue weighted by atomic mass is 35.5. The number of hydrogen-bond acceptors (Lipinski definition) is 5. The minimum Gasteiger partial charge on any atom is -0.494 e. The fraction of sp³-hybridized carbons (Fsp3) is 0.286. The van der Waals surface area contributed by atoms with Crippen molar-refractivity contribution in [1.82, 2.24) is 15.0 Å². The monoisotopic (exact) mass is 397 g/mol. The Balaban J connectivity index is 1.48. The zero-order valence-electron chi connectivity index (χ0n) is 15.5. The van der Waals surface area contributed by atoms with Crippen molar-refractivity contribution in [3.05, 3.63) is 65.0 Å². The average molecular weight is 398 g/mol. The lowest BCUT2D eigenvalue weighted by molar-refractivity contribution is -0.128. The number of hydrogen-bond donors (Lipinski definition) is 0. The molecule has 0 saturated carbocycles. The van der Waals surface area contributed by atoms with E-state index in [1.807, 2.05) is 55.5 Å². The van der Waals surface area contributed by atoms with Crippen LogP contribution in [0.3, 0.4) is 0 Å². The third kappa shape index (κ3) is 3.87. The summed E-state index contributed by atoms with van der Waals surface area (Å²) in [5.74, 6) is 1.67. The van der Waals surface area contributed by atoms with Crippen LogP contribution in [-0.2, 0) is 11.3 Å². The summed E-state index contributed by atoms with van der Waals surface area (Å²) in [6.07, 6.45) is 0.352. The van der Waals surface area contributed by atoms with Gasteiger partial charge in [0.2, 0.25) is 17.6 Å². The molecule has 2 heterocycles. The summed E-state index contributed by atoms with van der Waals surface area (Å²) in [5.41, 5.74) is 1.75. The van der Waals surface area contributed by atoms with E-state index in [1.54, 1.807) is 4.90 Å². The van der Waals surface area contributed by atoms with E-state index in [2.05, 4.69) is 10.1 Å². The molecule has 7 heteroatoms. The van der Waals surface area contributed by atoms with Gasteiger partial charge in [0.1, 0.15) is 5.75 Å². The van der Waals surface area contributed by atoms with E-state index in [0.29, 0.717) is 42.9 Å². The Labute approximate surface area is 168 Å². The van der Waals surface area contributed by atoms with Crippen molar-refractivity contribution >= 4 is 17.5 Å². The molecule has 0 spiro atoms. The number of amides is 1. The van der Waals surface area contributed by atoms with Gasteiger partial charge in [0.25, 0.3) is 0 Å². The Morgan fingerprint density at radius 1 is 1.25 bits per heavy atom. The second-order valence-electron chi connectivity index (χ2n) is 6.68. The van der Waals surface area contributed by atoms with E-state index in [4.69, 9.17) is 20.9 Å². The van der Waals surface area contributed by atoms with E-state index in [9.17, 15) is 4.79 Å². The van der Waals surface area contributed by atoms with Gasteiger partial charge >= 0.3 is 0 Å². The molecular formula is C21H20ClN3O3. The van der Waals surface area contributed by atoms with Gasteiger partial charge in [-0.3, -0.25) is 4.79 Å². The van der Waals surface area contributed by atoms with Crippen molar-refractivity contribution in [1.29, 1.82) is 0 Å². The van der Waals surface area contributed by atoms with Gasteiger partial charge in [0.05, 0.1) is 12.5 Å². The predicted molar refractivity (Wildman–Crippen MR) is 105 cm³/mol. The van der Waals surface area contributed by atoms with E-state index in [0.717, 1.165) is 16.9 Å². The molecule has 144 valence electrons. The number of aromatic nitrogens is 2. The van der Waals surface area contributed by atoms with Crippen LogP contribution in [-0.4, -0.2) is 34.1 Å². The number of nitrogens with zero attached hydrogens (tertiary/aromatic N) is 3. The number of halogens is 1. The highest BCUT2D eigenvalue weighted by Crippen LogP contribution is 2.31. The highest BCUT2D eigenvalue weighted by molar-refractivity contribution is 6.31. The summed E-state index contributed by atoms with van der Waals surface area (Å²) in [4.78, 5) is 18.7. The van der Waals surface area contributed by atoms with Gasteiger partial charge in [-0.2, -0.15) is 4.98 Å². The predicted octanol–water partition coefficient (Wildman–Crippen LogP) is 4.30. The number of rotatable bonds is 6. The van der Waals surface area contributed by atoms with Crippen molar-refractivity contribution in [2.45, 2.75) is 25.8 Å². The highest BCUT2D eigenvalue weighted by Gasteiger charge is 2.34. The van der Waals surface area contributed by atoms with Gasteiger partial charge in [-0.1, -0.05) is 47.1 Å². The second-order valence-corrected chi connectivity index (χ2v) is 7.09. The lowest BCUT2D eigenvalue weighted by atomic mass is 10.1. The third-order valence-corrected chi connectivity index (χ3v) is 5.10. The van der Waals surface area contributed by atoms with Crippen LogP contribution in [0.15, 0.2) is 53.1 Å². The van der Waals surface area contributed by atoms with Gasteiger partial charge in [0, 0.05) is 30.1 Å². The van der Waals surface area contributed by atoms with Crippen molar-refractivity contribution in [2.75, 3.05) is 13.2 Å². The zero-order valence-corrected chi connectivity index (χ0v) is 16.2. The topological polar surface area (TPSA) is 68.5 Å². The number of carbonyl (C=O) groups is 1. The maximum absolute atomic E-state index is 12.4. The third-order valence-electron chi connectivity index (χ3n) is 4.73. The Morgan fingerprint density at radius 3 is 2.93 bits per heavy atom. The van der Waals surface area contributed by atoms with E-state index in [1.165, 1.54) is 0 Å². The standard InChI is InChI=1S/C21H20ClN3O3/c1-2-27-17-8-5-7-14(10-17)20-23-21(28-24-20)16-11-19(26)25(13-16)12-15-6-3-4-9-18(15)22/h3-10,16H,2,11-13H2,1H3. The van der Waals surface area contributed by atoms with Gasteiger partial charge < -0.3 is 14.2 Å². The van der Waals surface area contributed by atoms with Gasteiger partial charge in [-0.25, -0.2) is 0 Å². The van der Waals surface area contributed by atoms with E-state index >= 15 is 0 Å². The van der Waals surface area contributed by atoms with Crippen molar-refractivity contribution in [2.24, 2.45) is 0 Å². The van der Waals surface area contributed by atoms with Gasteiger partial charge in [-0.15, -0.1) is 0 Å². The largest absolute Gasteiger partial charge is 0.494 e. The normalized spacial score (nSPS) is 16.6. The van der Waals surface area contributed by atoms with Crippen molar-refractivity contribution in [3.8, 4) is 17.1 Å². The van der Waals surface area contributed by atoms with E-state index in [-0.39, 0.29) is 11.8 Å². The molecule has 28 heavy (non-hydrogen) atoms. The van der Waals surface area contributed by atoms with Crippen molar-refractivity contribution in [3.63, 3.8) is 0 Å². The summed E-state index contributed by atoms with van der Waals surface area (Å²) < 4.78 is 11.0. The summed E-state index contributed by atoms with van der Waals surface area (Å²) in [5, 5.41) is 4.75. The molecule has 3 aromatic rings. The van der Waals surface area contributed by atoms with Gasteiger partial charge in [0.15, 0.2) is 0 Å². The Kier molecular flexibility index (Phi) is 5.30.